The fourth-order valence-corrected chi connectivity index (χ4v) is 7.05. The molecule has 1 N–H and O–H groups in total. The van der Waals surface area contributed by atoms with Gasteiger partial charge in [-0.05, 0) is 49.8 Å². The van der Waals surface area contributed by atoms with Crippen LogP contribution in [0, 0.1) is 5.92 Å². The monoisotopic (exact) mass is 588 g/mol. The first-order valence-corrected chi connectivity index (χ1v) is 14.9. The van der Waals surface area contributed by atoms with Gasteiger partial charge in [-0.3, -0.25) is 14.0 Å². The Morgan fingerprint density at radius 2 is 2.18 bits per heavy atom. The number of hydrogen-bond acceptors (Lipinski definition) is 9. The highest BCUT2D eigenvalue weighted by molar-refractivity contribution is 7.99. The lowest BCUT2D eigenvalue weighted by molar-refractivity contribution is -0.113. The number of rotatable bonds is 10. The second kappa shape index (κ2) is 12.0. The SMILES string of the molecule is CCOC(=O)c1c(NC(=O)CSc2nnc(-c3nn(C)cc3Cl)n2Cc2ccco2)sc2c1CC[C@@H](CC)C2. The number of esters is 1. The number of carbonyl (C=O) groups excluding carboxylic acids is 2. The molecule has 0 spiro atoms. The van der Waals surface area contributed by atoms with Gasteiger partial charge in [-0.1, -0.05) is 36.7 Å². The molecule has 0 aliphatic heterocycles. The van der Waals surface area contributed by atoms with Crippen molar-refractivity contribution in [2.45, 2.75) is 51.2 Å². The first-order valence-electron chi connectivity index (χ1n) is 12.8. The summed E-state index contributed by atoms with van der Waals surface area (Å²) in [6, 6.07) is 3.65. The third-order valence-corrected chi connectivity index (χ3v) is 9.03. The van der Waals surface area contributed by atoms with Gasteiger partial charge in [-0.2, -0.15) is 5.10 Å². The number of furan rings is 1. The molecule has 206 valence electrons. The number of halogens is 1. The highest BCUT2D eigenvalue weighted by Crippen LogP contribution is 2.41. The molecule has 5 rings (SSSR count). The molecule has 0 unspecified atom stereocenters. The zero-order valence-electron chi connectivity index (χ0n) is 21.9. The van der Waals surface area contributed by atoms with Crippen LogP contribution in [0.25, 0.3) is 11.5 Å². The van der Waals surface area contributed by atoms with Gasteiger partial charge in [0.25, 0.3) is 0 Å². The van der Waals surface area contributed by atoms with Crippen LogP contribution in [0.5, 0.6) is 0 Å². The summed E-state index contributed by atoms with van der Waals surface area (Å²) in [5, 5.41) is 17.5. The number of amides is 1. The molecule has 0 fully saturated rings. The Morgan fingerprint density at radius 3 is 2.87 bits per heavy atom. The number of aryl methyl sites for hydroxylation is 1. The van der Waals surface area contributed by atoms with E-state index in [2.05, 4.69) is 27.5 Å². The fourth-order valence-electron chi connectivity index (χ4n) is 4.69. The first kappa shape index (κ1) is 27.5. The number of thiophene rings is 1. The summed E-state index contributed by atoms with van der Waals surface area (Å²) in [5.41, 5.74) is 2.00. The molecule has 1 aliphatic carbocycles. The van der Waals surface area contributed by atoms with Crippen molar-refractivity contribution in [1.82, 2.24) is 24.5 Å². The number of nitrogens with zero attached hydrogens (tertiary/aromatic N) is 5. The average molecular weight is 589 g/mol. The quantitative estimate of drug-likeness (QED) is 0.192. The van der Waals surface area contributed by atoms with Crippen LogP contribution >= 0.6 is 34.7 Å². The van der Waals surface area contributed by atoms with E-state index in [1.165, 1.54) is 23.1 Å². The minimum absolute atomic E-state index is 0.0641. The van der Waals surface area contributed by atoms with E-state index in [-0.39, 0.29) is 24.2 Å². The number of anilines is 1. The van der Waals surface area contributed by atoms with Gasteiger partial charge in [0.05, 0.1) is 35.8 Å². The minimum Gasteiger partial charge on any atom is -0.467 e. The lowest BCUT2D eigenvalue weighted by atomic mass is 9.85. The zero-order chi connectivity index (χ0) is 27.5. The molecule has 1 aliphatic rings. The van der Waals surface area contributed by atoms with Crippen LogP contribution in [0.3, 0.4) is 0 Å². The van der Waals surface area contributed by atoms with Crippen LogP contribution in [0.1, 0.15) is 53.2 Å². The molecule has 0 aromatic carbocycles. The number of aromatic nitrogens is 5. The second-order valence-corrected chi connectivity index (χ2v) is 11.7. The van der Waals surface area contributed by atoms with Crippen LogP contribution in [-0.2, 0) is 36.0 Å². The van der Waals surface area contributed by atoms with E-state index in [0.717, 1.165) is 36.1 Å². The van der Waals surface area contributed by atoms with E-state index in [0.29, 0.717) is 50.5 Å². The molecule has 10 nitrogen and oxygen atoms in total. The average Bonchev–Trinajstić information content (AvgIpc) is 3.69. The van der Waals surface area contributed by atoms with E-state index in [1.807, 2.05) is 10.6 Å². The van der Waals surface area contributed by atoms with Crippen molar-refractivity contribution in [3.8, 4) is 11.5 Å². The summed E-state index contributed by atoms with van der Waals surface area (Å²) in [7, 11) is 1.78. The van der Waals surface area contributed by atoms with Crippen molar-refractivity contribution < 1.29 is 18.7 Å². The van der Waals surface area contributed by atoms with E-state index >= 15 is 0 Å². The van der Waals surface area contributed by atoms with E-state index in [1.54, 1.807) is 37.2 Å². The van der Waals surface area contributed by atoms with Gasteiger partial charge >= 0.3 is 5.97 Å². The molecule has 0 bridgehead atoms. The Labute approximate surface area is 239 Å². The predicted molar refractivity (Wildman–Crippen MR) is 150 cm³/mol. The summed E-state index contributed by atoms with van der Waals surface area (Å²) in [5.74, 6) is 1.19. The standard InChI is InChI=1S/C26H29ClN6O4S2/c1-4-15-8-9-17-19(11-15)39-24(21(17)25(35)36-5-2)28-20(34)14-38-26-30-29-23(22-18(27)13-32(3)31-22)33(26)12-16-7-6-10-37-16/h6-7,10,13,15H,4-5,8-9,11-12,14H2,1-3H3,(H,28,34)/t15-/m1/s1. The maximum atomic E-state index is 13.1. The normalized spacial score (nSPS) is 14.8. The number of ether oxygens (including phenoxy) is 1. The van der Waals surface area contributed by atoms with Gasteiger partial charge < -0.3 is 14.5 Å². The highest BCUT2D eigenvalue weighted by Gasteiger charge is 2.30. The first-order chi connectivity index (χ1) is 18.9. The molecule has 0 saturated heterocycles. The lowest BCUT2D eigenvalue weighted by Crippen LogP contribution is -2.18. The second-order valence-electron chi connectivity index (χ2n) is 9.25. The van der Waals surface area contributed by atoms with Crippen molar-refractivity contribution in [2.75, 3.05) is 17.7 Å². The molecule has 1 amide bonds. The molecule has 4 aromatic heterocycles. The number of carbonyl (C=O) groups is 2. The van der Waals surface area contributed by atoms with Crippen LogP contribution in [0.2, 0.25) is 5.02 Å². The van der Waals surface area contributed by atoms with Crippen LogP contribution in [0.15, 0.2) is 34.2 Å². The summed E-state index contributed by atoms with van der Waals surface area (Å²) in [4.78, 5) is 27.1. The van der Waals surface area contributed by atoms with E-state index < -0.39 is 0 Å². The number of hydrogen-bond donors (Lipinski definition) is 1. The number of fused-ring (bicyclic) bond motifs is 1. The van der Waals surface area contributed by atoms with Crippen molar-refractivity contribution in [2.24, 2.45) is 13.0 Å². The molecule has 4 aromatic rings. The Morgan fingerprint density at radius 1 is 1.33 bits per heavy atom. The molecular weight excluding hydrogens is 560 g/mol. The fraction of sp³-hybridized carbons (Fsp3) is 0.423. The zero-order valence-corrected chi connectivity index (χ0v) is 24.3. The molecule has 39 heavy (non-hydrogen) atoms. The smallest absolute Gasteiger partial charge is 0.341 e. The van der Waals surface area contributed by atoms with Crippen LogP contribution < -0.4 is 5.32 Å². The van der Waals surface area contributed by atoms with Crippen molar-refractivity contribution in [3.63, 3.8) is 0 Å². The molecule has 13 heteroatoms. The van der Waals surface area contributed by atoms with Crippen LogP contribution in [0.4, 0.5) is 5.00 Å². The molecule has 0 saturated carbocycles. The molecular formula is C26H29ClN6O4S2. The van der Waals surface area contributed by atoms with Gasteiger partial charge in [-0.15, -0.1) is 21.5 Å². The van der Waals surface area contributed by atoms with Gasteiger partial charge in [0, 0.05) is 18.1 Å². The van der Waals surface area contributed by atoms with Crippen molar-refractivity contribution >= 4 is 51.6 Å². The maximum absolute atomic E-state index is 13.1. The lowest BCUT2D eigenvalue weighted by Gasteiger charge is -2.20. The Kier molecular flexibility index (Phi) is 8.43. The maximum Gasteiger partial charge on any atom is 0.341 e. The van der Waals surface area contributed by atoms with Crippen molar-refractivity contribution in [1.29, 1.82) is 0 Å². The largest absolute Gasteiger partial charge is 0.467 e. The Balaban J connectivity index is 1.36. The summed E-state index contributed by atoms with van der Waals surface area (Å²) in [6.07, 6.45) is 7.14. The van der Waals surface area contributed by atoms with Gasteiger partial charge in [0.2, 0.25) is 5.91 Å². The minimum atomic E-state index is -0.386. The molecule has 0 radical (unpaired) electrons. The number of nitrogens with one attached hydrogen (secondary N) is 1. The third-order valence-electron chi connectivity index (χ3n) is 6.62. The summed E-state index contributed by atoms with van der Waals surface area (Å²) >= 11 is 9.11. The van der Waals surface area contributed by atoms with E-state index in [9.17, 15) is 9.59 Å². The van der Waals surface area contributed by atoms with Crippen LogP contribution in [-0.4, -0.2) is 48.8 Å². The summed E-state index contributed by atoms with van der Waals surface area (Å²) < 4.78 is 14.3. The molecule has 4 heterocycles. The highest BCUT2D eigenvalue weighted by atomic mass is 35.5. The van der Waals surface area contributed by atoms with Gasteiger partial charge in [-0.25, -0.2) is 4.79 Å². The number of thioether (sulfide) groups is 1. The van der Waals surface area contributed by atoms with Gasteiger partial charge in [0.1, 0.15) is 16.5 Å². The summed E-state index contributed by atoms with van der Waals surface area (Å²) in [6.45, 7) is 4.59. The van der Waals surface area contributed by atoms with Gasteiger partial charge in [0.15, 0.2) is 11.0 Å². The topological polar surface area (TPSA) is 117 Å². The van der Waals surface area contributed by atoms with Crippen molar-refractivity contribution in [3.05, 3.63) is 51.4 Å². The Bertz CT molecular complexity index is 1480. The molecule has 1 atom stereocenters. The predicted octanol–water partition coefficient (Wildman–Crippen LogP) is 5.46. The third kappa shape index (κ3) is 5.92. The van der Waals surface area contributed by atoms with E-state index in [4.69, 9.17) is 20.8 Å². The Hall–Kier alpha value is -3.09.